The van der Waals surface area contributed by atoms with Crippen molar-refractivity contribution in [3.05, 3.63) is 58.1 Å². The summed E-state index contributed by atoms with van der Waals surface area (Å²) in [4.78, 5) is 23.5. The first kappa shape index (κ1) is 20.1. The zero-order chi connectivity index (χ0) is 19.1. The Balaban J connectivity index is 1.79. The highest BCUT2D eigenvalue weighted by molar-refractivity contribution is 6.35. The van der Waals surface area contributed by atoms with Crippen LogP contribution in [0.3, 0.4) is 0 Å². The standard InChI is InChI=1S/C19H20Cl2N2O3/c1-12(2)19(25)23-15-6-3-13(4-7-15)10-22-18(24)11-26-17-8-5-14(20)9-16(17)21/h3-9,12H,10-11H2,1-2H3,(H,22,24)(H,23,25). The molecule has 0 saturated heterocycles. The Morgan fingerprint density at radius 3 is 2.38 bits per heavy atom. The van der Waals surface area contributed by atoms with Crippen molar-refractivity contribution in [2.24, 2.45) is 5.92 Å². The molecule has 0 aromatic heterocycles. The van der Waals surface area contributed by atoms with Gasteiger partial charge in [-0.1, -0.05) is 49.2 Å². The van der Waals surface area contributed by atoms with Gasteiger partial charge >= 0.3 is 0 Å². The van der Waals surface area contributed by atoms with Crippen molar-refractivity contribution < 1.29 is 14.3 Å². The van der Waals surface area contributed by atoms with E-state index in [1.54, 1.807) is 30.3 Å². The maximum atomic E-state index is 11.9. The van der Waals surface area contributed by atoms with Gasteiger partial charge in [0.15, 0.2) is 6.61 Å². The van der Waals surface area contributed by atoms with Crippen molar-refractivity contribution in [3.63, 3.8) is 0 Å². The zero-order valence-electron chi connectivity index (χ0n) is 14.5. The fourth-order valence-corrected chi connectivity index (χ4v) is 2.44. The molecule has 0 bridgehead atoms. The van der Waals surface area contributed by atoms with Crippen molar-refractivity contribution in [2.75, 3.05) is 11.9 Å². The molecule has 2 aromatic carbocycles. The Labute approximate surface area is 162 Å². The molecule has 0 aliphatic carbocycles. The first-order chi connectivity index (χ1) is 12.3. The molecule has 2 amide bonds. The Morgan fingerprint density at radius 1 is 1.08 bits per heavy atom. The second-order valence-electron chi connectivity index (χ2n) is 5.98. The molecular weight excluding hydrogens is 375 g/mol. The average molecular weight is 395 g/mol. The highest BCUT2D eigenvalue weighted by Gasteiger charge is 2.08. The van der Waals surface area contributed by atoms with Gasteiger partial charge in [0.25, 0.3) is 5.91 Å². The Kier molecular flexibility index (Phi) is 7.30. The van der Waals surface area contributed by atoms with Crippen LogP contribution in [0, 0.1) is 5.92 Å². The van der Waals surface area contributed by atoms with Crippen molar-refractivity contribution in [2.45, 2.75) is 20.4 Å². The number of halogens is 2. The third-order valence-corrected chi connectivity index (χ3v) is 4.02. The van der Waals surface area contributed by atoms with Crippen LogP contribution in [-0.4, -0.2) is 18.4 Å². The smallest absolute Gasteiger partial charge is 0.258 e. The number of hydrogen-bond acceptors (Lipinski definition) is 3. The molecule has 0 spiro atoms. The monoisotopic (exact) mass is 394 g/mol. The van der Waals surface area contributed by atoms with Gasteiger partial charge in [-0.3, -0.25) is 9.59 Å². The number of anilines is 1. The van der Waals surface area contributed by atoms with Crippen molar-refractivity contribution in [1.29, 1.82) is 0 Å². The fourth-order valence-electron chi connectivity index (χ4n) is 1.98. The van der Waals surface area contributed by atoms with Crippen LogP contribution in [0.4, 0.5) is 5.69 Å². The fraction of sp³-hybridized carbons (Fsp3) is 0.263. The molecule has 0 radical (unpaired) electrons. The number of carbonyl (C=O) groups is 2. The van der Waals surface area contributed by atoms with Gasteiger partial charge in [-0.25, -0.2) is 0 Å². The minimum atomic E-state index is -0.270. The van der Waals surface area contributed by atoms with E-state index in [0.29, 0.717) is 22.3 Å². The van der Waals surface area contributed by atoms with E-state index in [9.17, 15) is 9.59 Å². The summed E-state index contributed by atoms with van der Waals surface area (Å²) in [7, 11) is 0. The molecular formula is C19H20Cl2N2O3. The van der Waals surface area contributed by atoms with E-state index >= 15 is 0 Å². The Bertz CT molecular complexity index is 777. The molecule has 2 rings (SSSR count). The van der Waals surface area contributed by atoms with Crippen molar-refractivity contribution in [1.82, 2.24) is 5.32 Å². The van der Waals surface area contributed by atoms with Gasteiger partial charge in [0.2, 0.25) is 5.91 Å². The third-order valence-electron chi connectivity index (χ3n) is 3.49. The number of ether oxygens (including phenoxy) is 1. The van der Waals surface area contributed by atoms with Crippen molar-refractivity contribution >= 4 is 40.7 Å². The summed E-state index contributed by atoms with van der Waals surface area (Å²) >= 11 is 11.8. The van der Waals surface area contributed by atoms with E-state index in [1.807, 2.05) is 26.0 Å². The maximum Gasteiger partial charge on any atom is 0.258 e. The van der Waals surface area contributed by atoms with Gasteiger partial charge < -0.3 is 15.4 Å². The van der Waals surface area contributed by atoms with E-state index in [0.717, 1.165) is 11.3 Å². The van der Waals surface area contributed by atoms with Crippen molar-refractivity contribution in [3.8, 4) is 5.75 Å². The second kappa shape index (κ2) is 9.46. The molecule has 0 unspecified atom stereocenters. The Morgan fingerprint density at radius 2 is 1.77 bits per heavy atom. The lowest BCUT2D eigenvalue weighted by Crippen LogP contribution is -2.28. The molecule has 0 heterocycles. The maximum absolute atomic E-state index is 11.9. The minimum Gasteiger partial charge on any atom is -0.482 e. The molecule has 0 aliphatic heterocycles. The molecule has 2 aromatic rings. The highest BCUT2D eigenvalue weighted by Crippen LogP contribution is 2.27. The molecule has 0 atom stereocenters. The highest BCUT2D eigenvalue weighted by atomic mass is 35.5. The number of rotatable bonds is 7. The topological polar surface area (TPSA) is 67.4 Å². The number of hydrogen-bond donors (Lipinski definition) is 2. The molecule has 7 heteroatoms. The van der Waals surface area contributed by atoms with Crippen LogP contribution < -0.4 is 15.4 Å². The summed E-state index contributed by atoms with van der Waals surface area (Å²) in [5, 5.41) is 6.42. The van der Waals surface area contributed by atoms with Crippen LogP contribution in [0.15, 0.2) is 42.5 Å². The van der Waals surface area contributed by atoms with E-state index in [2.05, 4.69) is 10.6 Å². The summed E-state index contributed by atoms with van der Waals surface area (Å²) in [6.45, 7) is 3.87. The molecule has 2 N–H and O–H groups in total. The SMILES string of the molecule is CC(C)C(=O)Nc1ccc(CNC(=O)COc2ccc(Cl)cc2Cl)cc1. The molecule has 138 valence electrons. The summed E-state index contributed by atoms with van der Waals surface area (Å²) in [6, 6.07) is 12.1. The van der Waals surface area contributed by atoms with E-state index in [4.69, 9.17) is 27.9 Å². The first-order valence-electron chi connectivity index (χ1n) is 8.09. The minimum absolute atomic E-state index is 0.0379. The van der Waals surface area contributed by atoms with E-state index < -0.39 is 0 Å². The van der Waals surface area contributed by atoms with Crippen LogP contribution in [0.25, 0.3) is 0 Å². The summed E-state index contributed by atoms with van der Waals surface area (Å²) in [5.74, 6) is 0.0110. The number of benzene rings is 2. The van der Waals surface area contributed by atoms with Gasteiger partial charge in [-0.15, -0.1) is 0 Å². The van der Waals surface area contributed by atoms with Gasteiger partial charge in [0.1, 0.15) is 5.75 Å². The van der Waals surface area contributed by atoms with E-state index in [-0.39, 0.29) is 24.3 Å². The van der Waals surface area contributed by atoms with Gasteiger partial charge in [-0.2, -0.15) is 0 Å². The summed E-state index contributed by atoms with van der Waals surface area (Å²) < 4.78 is 5.38. The predicted octanol–water partition coefficient (Wildman–Crippen LogP) is 4.28. The molecule has 5 nitrogen and oxygen atoms in total. The van der Waals surface area contributed by atoms with Crippen LogP contribution in [0.1, 0.15) is 19.4 Å². The largest absolute Gasteiger partial charge is 0.482 e. The summed E-state index contributed by atoms with van der Waals surface area (Å²) in [6.07, 6.45) is 0. The predicted molar refractivity (Wildman–Crippen MR) is 104 cm³/mol. The number of carbonyl (C=O) groups excluding carboxylic acids is 2. The number of amides is 2. The molecule has 0 aliphatic rings. The lowest BCUT2D eigenvalue weighted by atomic mass is 10.1. The number of nitrogens with one attached hydrogen (secondary N) is 2. The lowest BCUT2D eigenvalue weighted by Gasteiger charge is -2.10. The molecule has 0 saturated carbocycles. The van der Waals surface area contributed by atoms with E-state index in [1.165, 1.54) is 0 Å². The zero-order valence-corrected chi connectivity index (χ0v) is 16.0. The van der Waals surface area contributed by atoms with Gasteiger partial charge in [0, 0.05) is 23.2 Å². The average Bonchev–Trinajstić information content (AvgIpc) is 2.60. The van der Waals surface area contributed by atoms with Crippen LogP contribution in [0.5, 0.6) is 5.75 Å². The lowest BCUT2D eigenvalue weighted by molar-refractivity contribution is -0.123. The third kappa shape index (κ3) is 6.24. The van der Waals surface area contributed by atoms with Crippen LogP contribution in [-0.2, 0) is 16.1 Å². The molecule has 0 fully saturated rings. The normalized spacial score (nSPS) is 10.5. The first-order valence-corrected chi connectivity index (χ1v) is 8.85. The summed E-state index contributed by atoms with van der Waals surface area (Å²) in [5.41, 5.74) is 1.63. The van der Waals surface area contributed by atoms with Gasteiger partial charge in [0.05, 0.1) is 5.02 Å². The molecule has 26 heavy (non-hydrogen) atoms. The Hall–Kier alpha value is -2.24. The quantitative estimate of drug-likeness (QED) is 0.735. The van der Waals surface area contributed by atoms with Crippen LogP contribution >= 0.6 is 23.2 Å². The second-order valence-corrected chi connectivity index (χ2v) is 6.82. The van der Waals surface area contributed by atoms with Crippen LogP contribution in [0.2, 0.25) is 10.0 Å². The van der Waals surface area contributed by atoms with Gasteiger partial charge in [-0.05, 0) is 35.9 Å².